The first-order valence-corrected chi connectivity index (χ1v) is 10.1. The molecule has 1 aromatic heterocycles. The van der Waals surface area contributed by atoms with Crippen LogP contribution in [-0.2, 0) is 19.0 Å². The molecular weight excluding hydrogens is 423 g/mol. The highest BCUT2D eigenvalue weighted by Gasteiger charge is 2.40. The van der Waals surface area contributed by atoms with Crippen molar-refractivity contribution in [1.82, 2.24) is 14.7 Å². The van der Waals surface area contributed by atoms with E-state index in [4.69, 9.17) is 9.47 Å². The van der Waals surface area contributed by atoms with Crippen molar-refractivity contribution in [2.24, 2.45) is 0 Å². The van der Waals surface area contributed by atoms with Gasteiger partial charge in [0.25, 0.3) is 5.91 Å². The zero-order valence-corrected chi connectivity index (χ0v) is 17.4. The lowest BCUT2D eigenvalue weighted by molar-refractivity contribution is -0.137. The van der Waals surface area contributed by atoms with Crippen LogP contribution in [0.3, 0.4) is 0 Å². The number of aromatic nitrogens is 2. The summed E-state index contributed by atoms with van der Waals surface area (Å²) in [7, 11) is 3.15. The summed E-state index contributed by atoms with van der Waals surface area (Å²) in [6.45, 7) is 0.566. The molecule has 0 bridgehead atoms. The van der Waals surface area contributed by atoms with E-state index in [1.165, 1.54) is 18.3 Å². The predicted molar refractivity (Wildman–Crippen MR) is 109 cm³/mol. The maximum Gasteiger partial charge on any atom is 0.416 e. The van der Waals surface area contributed by atoms with Gasteiger partial charge in [-0.3, -0.25) is 4.79 Å². The Hall–Kier alpha value is -3.49. The van der Waals surface area contributed by atoms with Crippen molar-refractivity contribution in [2.45, 2.75) is 25.1 Å². The van der Waals surface area contributed by atoms with Crippen LogP contribution >= 0.6 is 0 Å². The van der Waals surface area contributed by atoms with Gasteiger partial charge in [0.1, 0.15) is 0 Å². The molecule has 0 fully saturated rings. The third-order valence-electron chi connectivity index (χ3n) is 6.19. The van der Waals surface area contributed by atoms with Crippen molar-refractivity contribution < 1.29 is 27.4 Å². The number of alkyl halides is 3. The van der Waals surface area contributed by atoms with Gasteiger partial charge in [-0.2, -0.15) is 18.3 Å². The van der Waals surface area contributed by atoms with Crippen molar-refractivity contribution in [3.63, 3.8) is 0 Å². The van der Waals surface area contributed by atoms with Gasteiger partial charge in [-0.1, -0.05) is 0 Å². The summed E-state index contributed by atoms with van der Waals surface area (Å²) < 4.78 is 51.2. The predicted octanol–water partition coefficient (Wildman–Crippen LogP) is 4.20. The normalized spacial score (nSPS) is 17.5. The summed E-state index contributed by atoms with van der Waals surface area (Å²) in [5, 5.41) is 4.33. The van der Waals surface area contributed by atoms with E-state index in [0.717, 1.165) is 23.3 Å². The molecule has 1 atom stereocenters. The average Bonchev–Trinajstić information content (AvgIpc) is 3.22. The van der Waals surface area contributed by atoms with Gasteiger partial charge in [-0.25, -0.2) is 4.68 Å². The standard InChI is InChI=1S/C23H20F3N3O3/c1-31-20-9-13-7-8-28-18(16(13)10-21(20)32-2)11-19-17(22(28)30)12-27-29(19)15-5-3-14(4-6-15)23(24,25)26/h3-6,9-10,12,18H,7-8,11H2,1-2H3/t18-/m1/s1. The molecule has 9 heteroatoms. The molecule has 0 N–H and O–H groups in total. The zero-order chi connectivity index (χ0) is 22.6. The van der Waals surface area contributed by atoms with E-state index in [2.05, 4.69) is 5.10 Å². The Labute approximate surface area is 182 Å². The largest absolute Gasteiger partial charge is 0.493 e. The molecule has 0 spiro atoms. The summed E-state index contributed by atoms with van der Waals surface area (Å²) in [4.78, 5) is 15.1. The maximum absolute atomic E-state index is 13.2. The quantitative estimate of drug-likeness (QED) is 0.609. The molecule has 0 unspecified atom stereocenters. The van der Waals surface area contributed by atoms with Crippen LogP contribution in [0.25, 0.3) is 5.69 Å². The summed E-state index contributed by atoms with van der Waals surface area (Å²) in [6.07, 6.45) is -1.73. The second-order valence-corrected chi connectivity index (χ2v) is 7.84. The lowest BCUT2D eigenvalue weighted by Gasteiger charge is -2.40. The fourth-order valence-electron chi connectivity index (χ4n) is 4.59. The van der Waals surface area contributed by atoms with Crippen molar-refractivity contribution in [3.8, 4) is 17.2 Å². The Morgan fingerprint density at radius 3 is 2.41 bits per heavy atom. The van der Waals surface area contributed by atoms with Crippen LogP contribution < -0.4 is 9.47 Å². The SMILES string of the molecule is COc1cc2c(cc1OC)[C@H]1Cc3c(cnn3-c3ccc(C(F)(F)F)cc3)C(=O)N1CC2. The Bertz CT molecular complexity index is 1200. The minimum absolute atomic E-state index is 0.130. The first-order chi connectivity index (χ1) is 15.3. The van der Waals surface area contributed by atoms with E-state index in [1.54, 1.807) is 18.9 Å². The number of methoxy groups -OCH3 is 2. The lowest BCUT2D eigenvalue weighted by Crippen LogP contribution is -2.44. The van der Waals surface area contributed by atoms with Crippen LogP contribution in [0, 0.1) is 0 Å². The lowest BCUT2D eigenvalue weighted by atomic mass is 9.85. The minimum Gasteiger partial charge on any atom is -0.493 e. The number of fused-ring (bicyclic) bond motifs is 4. The van der Waals surface area contributed by atoms with E-state index in [-0.39, 0.29) is 11.9 Å². The molecular formula is C23H20F3N3O3. The summed E-state index contributed by atoms with van der Waals surface area (Å²) >= 11 is 0. The number of hydrogen-bond donors (Lipinski definition) is 0. The number of hydrogen-bond acceptors (Lipinski definition) is 4. The number of benzene rings is 2. The molecule has 2 aliphatic heterocycles. The van der Waals surface area contributed by atoms with Crippen LogP contribution in [0.1, 0.15) is 38.8 Å². The number of carbonyl (C=O) groups is 1. The summed E-state index contributed by atoms with van der Waals surface area (Å²) in [5.74, 6) is 1.09. The highest BCUT2D eigenvalue weighted by molar-refractivity contribution is 5.97. The third-order valence-corrected chi connectivity index (χ3v) is 6.19. The summed E-state index contributed by atoms with van der Waals surface area (Å²) in [5.41, 5.74) is 2.97. The fraction of sp³-hybridized carbons (Fsp3) is 0.304. The van der Waals surface area contributed by atoms with Gasteiger partial charge in [0.15, 0.2) is 11.5 Å². The van der Waals surface area contributed by atoms with Gasteiger partial charge in [-0.15, -0.1) is 0 Å². The first-order valence-electron chi connectivity index (χ1n) is 10.1. The van der Waals surface area contributed by atoms with E-state index >= 15 is 0 Å². The molecule has 0 saturated heterocycles. The number of halogens is 3. The molecule has 166 valence electrons. The van der Waals surface area contributed by atoms with Crippen molar-refractivity contribution in [3.05, 3.63) is 70.5 Å². The van der Waals surface area contributed by atoms with Gasteiger partial charge >= 0.3 is 6.18 Å². The van der Waals surface area contributed by atoms with Crippen LogP contribution in [0.2, 0.25) is 0 Å². The zero-order valence-electron chi connectivity index (χ0n) is 17.4. The van der Waals surface area contributed by atoms with E-state index < -0.39 is 11.7 Å². The Morgan fingerprint density at radius 2 is 1.75 bits per heavy atom. The number of ether oxygens (including phenoxy) is 2. The molecule has 32 heavy (non-hydrogen) atoms. The molecule has 0 saturated carbocycles. The molecule has 6 nitrogen and oxygen atoms in total. The first kappa shape index (κ1) is 20.4. The second kappa shape index (κ2) is 7.29. The number of nitrogens with zero attached hydrogens (tertiary/aromatic N) is 3. The van der Waals surface area contributed by atoms with Crippen molar-refractivity contribution >= 4 is 5.91 Å². The molecule has 5 rings (SSSR count). The molecule has 0 aliphatic carbocycles. The van der Waals surface area contributed by atoms with Crippen LogP contribution in [0.4, 0.5) is 13.2 Å². The number of amides is 1. The minimum atomic E-state index is -4.41. The molecule has 2 aromatic carbocycles. The van der Waals surface area contributed by atoms with Gasteiger partial charge < -0.3 is 14.4 Å². The van der Waals surface area contributed by atoms with Crippen molar-refractivity contribution in [2.75, 3.05) is 20.8 Å². The Morgan fingerprint density at radius 1 is 1.06 bits per heavy atom. The molecule has 2 aliphatic rings. The topological polar surface area (TPSA) is 56.6 Å². The van der Waals surface area contributed by atoms with Crippen molar-refractivity contribution in [1.29, 1.82) is 0 Å². The highest BCUT2D eigenvalue weighted by Crippen LogP contribution is 2.42. The monoisotopic (exact) mass is 443 g/mol. The molecule has 0 radical (unpaired) electrons. The second-order valence-electron chi connectivity index (χ2n) is 7.84. The van der Waals surface area contributed by atoms with E-state index in [1.807, 2.05) is 17.0 Å². The Balaban J connectivity index is 1.56. The number of carbonyl (C=O) groups excluding carboxylic acids is 1. The van der Waals surface area contributed by atoms with E-state index in [9.17, 15) is 18.0 Å². The number of rotatable bonds is 3. The maximum atomic E-state index is 13.2. The van der Waals surface area contributed by atoms with E-state index in [0.29, 0.717) is 47.8 Å². The van der Waals surface area contributed by atoms with Gasteiger partial charge in [0, 0.05) is 13.0 Å². The fourth-order valence-corrected chi connectivity index (χ4v) is 4.59. The van der Waals surface area contributed by atoms with Crippen LogP contribution in [0.5, 0.6) is 11.5 Å². The van der Waals surface area contributed by atoms with Crippen LogP contribution in [-0.4, -0.2) is 41.4 Å². The molecule has 3 heterocycles. The average molecular weight is 443 g/mol. The van der Waals surface area contributed by atoms with Crippen LogP contribution in [0.15, 0.2) is 42.6 Å². The summed E-state index contributed by atoms with van der Waals surface area (Å²) in [6, 6.07) is 8.41. The molecule has 3 aromatic rings. The highest BCUT2D eigenvalue weighted by atomic mass is 19.4. The van der Waals surface area contributed by atoms with Gasteiger partial charge in [0.05, 0.1) is 49.0 Å². The Kier molecular flexibility index (Phi) is 4.65. The van der Waals surface area contributed by atoms with Gasteiger partial charge in [-0.05, 0) is 53.9 Å². The third kappa shape index (κ3) is 3.11. The smallest absolute Gasteiger partial charge is 0.416 e. The molecule has 1 amide bonds. The van der Waals surface area contributed by atoms with Gasteiger partial charge in [0.2, 0.25) is 0 Å².